The summed E-state index contributed by atoms with van der Waals surface area (Å²) < 4.78 is 13.6. The summed E-state index contributed by atoms with van der Waals surface area (Å²) in [6.45, 7) is 1.35. The molecule has 0 N–H and O–H groups in total. The smallest absolute Gasteiger partial charge is 0.257 e. The minimum Gasteiger partial charge on any atom is -0.486 e. The fraction of sp³-hybridized carbons (Fsp3) is 0.192. The van der Waals surface area contributed by atoms with Gasteiger partial charge in [-0.25, -0.2) is 0 Å². The molecule has 0 bridgehead atoms. The van der Waals surface area contributed by atoms with Crippen LogP contribution >= 0.6 is 0 Å². The molecule has 0 radical (unpaired) electrons. The van der Waals surface area contributed by atoms with E-state index < -0.39 is 0 Å². The van der Waals surface area contributed by atoms with Gasteiger partial charge in [-0.15, -0.1) is 0 Å². The number of hydrogen-bond acceptors (Lipinski definition) is 5. The first-order valence-corrected chi connectivity index (χ1v) is 10.8. The predicted octanol–water partition coefficient (Wildman–Crippen LogP) is 3.91. The zero-order chi connectivity index (χ0) is 22.6. The molecule has 0 fully saturated rings. The van der Waals surface area contributed by atoms with Crippen LogP contribution in [0.5, 0.6) is 11.5 Å². The van der Waals surface area contributed by atoms with Crippen molar-refractivity contribution < 1.29 is 14.3 Å². The van der Waals surface area contributed by atoms with E-state index in [-0.39, 0.29) is 12.0 Å². The Morgan fingerprint density at radius 2 is 1.85 bits per heavy atom. The number of rotatable bonds is 6. The van der Waals surface area contributed by atoms with Crippen LogP contribution in [0.2, 0.25) is 0 Å². The average molecular weight is 441 g/mol. The van der Waals surface area contributed by atoms with E-state index in [1.54, 1.807) is 29.0 Å². The lowest BCUT2D eigenvalue weighted by Crippen LogP contribution is -2.41. The molecule has 0 saturated heterocycles. The van der Waals surface area contributed by atoms with E-state index in [2.05, 4.69) is 4.98 Å². The number of para-hydroxylation sites is 2. The second-order valence-electron chi connectivity index (χ2n) is 8.00. The van der Waals surface area contributed by atoms with Gasteiger partial charge in [0.2, 0.25) is 0 Å². The third-order valence-corrected chi connectivity index (χ3v) is 5.51. The summed E-state index contributed by atoms with van der Waals surface area (Å²) in [5, 5.41) is 4.73. The van der Waals surface area contributed by atoms with Crippen molar-refractivity contribution in [3.8, 4) is 22.8 Å². The van der Waals surface area contributed by atoms with Gasteiger partial charge in [-0.3, -0.25) is 14.5 Å². The summed E-state index contributed by atoms with van der Waals surface area (Å²) in [5.74, 6) is 1.29. The van der Waals surface area contributed by atoms with Crippen LogP contribution < -0.4 is 9.47 Å². The number of fused-ring (bicyclic) bond motifs is 1. The number of aromatic nitrogens is 3. The maximum absolute atomic E-state index is 13.5. The van der Waals surface area contributed by atoms with Crippen molar-refractivity contribution >= 4 is 5.91 Å². The standard InChI is InChI=1S/C26H24N4O3/c1-29(16-21-18-32-23-11-5-6-12-24(23)33-21)26(31)22-17-30(15-19-8-3-2-4-9-19)28-25(22)20-10-7-13-27-14-20/h2-14,17,21H,15-16,18H2,1H3/t21-/m1/s1. The van der Waals surface area contributed by atoms with Crippen molar-refractivity contribution in [2.45, 2.75) is 12.6 Å². The summed E-state index contributed by atoms with van der Waals surface area (Å²) in [6, 6.07) is 21.4. The number of hydrogen-bond donors (Lipinski definition) is 0. The zero-order valence-electron chi connectivity index (χ0n) is 18.3. The first-order chi connectivity index (χ1) is 16.2. The summed E-state index contributed by atoms with van der Waals surface area (Å²) in [5.41, 5.74) is 3.05. The van der Waals surface area contributed by atoms with Crippen molar-refractivity contribution in [2.75, 3.05) is 20.2 Å². The van der Waals surface area contributed by atoms with E-state index >= 15 is 0 Å². The van der Waals surface area contributed by atoms with Crippen LogP contribution in [-0.2, 0) is 6.54 Å². The molecule has 2 aromatic carbocycles. The molecule has 0 aliphatic carbocycles. The molecular weight excluding hydrogens is 416 g/mol. The molecule has 5 rings (SSSR count). The van der Waals surface area contributed by atoms with E-state index in [9.17, 15) is 4.79 Å². The van der Waals surface area contributed by atoms with Crippen LogP contribution in [-0.4, -0.2) is 51.9 Å². The van der Waals surface area contributed by atoms with Crippen LogP contribution in [0.15, 0.2) is 85.3 Å². The van der Waals surface area contributed by atoms with Gasteiger partial charge in [0.1, 0.15) is 12.3 Å². The van der Waals surface area contributed by atoms with Gasteiger partial charge < -0.3 is 14.4 Å². The van der Waals surface area contributed by atoms with E-state index in [1.165, 1.54) is 0 Å². The lowest BCUT2D eigenvalue weighted by molar-refractivity contribution is 0.0521. The molecule has 1 amide bonds. The number of nitrogens with zero attached hydrogens (tertiary/aromatic N) is 4. The third-order valence-electron chi connectivity index (χ3n) is 5.51. The van der Waals surface area contributed by atoms with Gasteiger partial charge in [0.15, 0.2) is 17.6 Å². The second kappa shape index (κ2) is 9.16. The molecule has 1 atom stereocenters. The predicted molar refractivity (Wildman–Crippen MR) is 124 cm³/mol. The fourth-order valence-electron chi connectivity index (χ4n) is 3.89. The molecule has 0 unspecified atom stereocenters. The lowest BCUT2D eigenvalue weighted by atomic mass is 10.1. The molecular formula is C26H24N4O3. The first-order valence-electron chi connectivity index (χ1n) is 10.8. The van der Waals surface area contributed by atoms with Crippen LogP contribution in [0.1, 0.15) is 15.9 Å². The van der Waals surface area contributed by atoms with Gasteiger partial charge in [0.05, 0.1) is 18.7 Å². The van der Waals surface area contributed by atoms with Gasteiger partial charge in [-0.2, -0.15) is 5.10 Å². The highest BCUT2D eigenvalue weighted by molar-refractivity contribution is 5.99. The molecule has 0 spiro atoms. The minimum absolute atomic E-state index is 0.129. The number of benzene rings is 2. The summed E-state index contributed by atoms with van der Waals surface area (Å²) >= 11 is 0. The highest BCUT2D eigenvalue weighted by atomic mass is 16.6. The molecule has 33 heavy (non-hydrogen) atoms. The van der Waals surface area contributed by atoms with Crippen molar-refractivity contribution in [2.24, 2.45) is 0 Å². The molecule has 7 heteroatoms. The summed E-state index contributed by atoms with van der Waals surface area (Å²) in [7, 11) is 1.77. The van der Waals surface area contributed by atoms with Crippen LogP contribution in [0, 0.1) is 0 Å². The monoisotopic (exact) mass is 440 g/mol. The third kappa shape index (κ3) is 4.57. The van der Waals surface area contributed by atoms with Crippen molar-refractivity contribution in [1.29, 1.82) is 0 Å². The number of likely N-dealkylation sites (N-methyl/N-ethyl adjacent to an activating group) is 1. The van der Waals surface area contributed by atoms with Crippen LogP contribution in [0.25, 0.3) is 11.3 Å². The Morgan fingerprint density at radius 3 is 2.64 bits per heavy atom. The average Bonchev–Trinajstić information content (AvgIpc) is 3.28. The topological polar surface area (TPSA) is 69.5 Å². The number of amides is 1. The van der Waals surface area contributed by atoms with Crippen LogP contribution in [0.4, 0.5) is 0 Å². The Hall–Kier alpha value is -4.13. The number of pyridine rings is 1. The number of carbonyl (C=O) groups is 1. The Morgan fingerprint density at radius 1 is 1.06 bits per heavy atom. The zero-order valence-corrected chi connectivity index (χ0v) is 18.3. The van der Waals surface area contributed by atoms with Crippen molar-refractivity contribution in [3.63, 3.8) is 0 Å². The normalized spacial score (nSPS) is 14.6. The molecule has 3 heterocycles. The SMILES string of the molecule is CN(C[C@@H]1COc2ccccc2O1)C(=O)c1cn(Cc2ccccc2)nc1-c1cccnc1. The minimum atomic E-state index is -0.255. The van der Waals surface area contributed by atoms with Gasteiger partial charge in [0.25, 0.3) is 5.91 Å². The van der Waals surface area contributed by atoms with E-state index in [4.69, 9.17) is 14.6 Å². The van der Waals surface area contributed by atoms with E-state index in [0.717, 1.165) is 16.9 Å². The molecule has 1 aliphatic rings. The second-order valence-corrected chi connectivity index (χ2v) is 8.00. The Kier molecular flexibility index (Phi) is 5.76. The Bertz CT molecular complexity index is 1240. The van der Waals surface area contributed by atoms with Crippen molar-refractivity contribution in [3.05, 3.63) is 96.4 Å². The molecule has 166 valence electrons. The van der Waals surface area contributed by atoms with Gasteiger partial charge in [0, 0.05) is 31.2 Å². The summed E-state index contributed by atoms with van der Waals surface area (Å²) in [4.78, 5) is 19.3. The highest BCUT2D eigenvalue weighted by Gasteiger charge is 2.27. The van der Waals surface area contributed by atoms with E-state index in [0.29, 0.717) is 36.7 Å². The number of ether oxygens (including phenoxy) is 2. The van der Waals surface area contributed by atoms with Gasteiger partial charge >= 0.3 is 0 Å². The van der Waals surface area contributed by atoms with Crippen molar-refractivity contribution in [1.82, 2.24) is 19.7 Å². The molecule has 0 saturated carbocycles. The molecule has 2 aromatic heterocycles. The molecule has 1 aliphatic heterocycles. The quantitative estimate of drug-likeness (QED) is 0.455. The number of carbonyl (C=O) groups excluding carboxylic acids is 1. The fourth-order valence-corrected chi connectivity index (χ4v) is 3.89. The largest absolute Gasteiger partial charge is 0.486 e. The Labute approximate surface area is 192 Å². The Balaban J connectivity index is 1.38. The maximum atomic E-state index is 13.5. The molecule has 7 nitrogen and oxygen atoms in total. The van der Waals surface area contributed by atoms with Gasteiger partial charge in [-0.05, 0) is 29.8 Å². The van der Waals surface area contributed by atoms with E-state index in [1.807, 2.05) is 72.9 Å². The summed E-state index contributed by atoms with van der Waals surface area (Å²) in [6.07, 6.45) is 4.98. The van der Waals surface area contributed by atoms with Crippen LogP contribution in [0.3, 0.4) is 0 Å². The highest BCUT2D eigenvalue weighted by Crippen LogP contribution is 2.31. The lowest BCUT2D eigenvalue weighted by Gasteiger charge is -2.29. The molecule has 4 aromatic rings. The first kappa shape index (κ1) is 20.8. The maximum Gasteiger partial charge on any atom is 0.257 e. The van der Waals surface area contributed by atoms with Gasteiger partial charge in [-0.1, -0.05) is 42.5 Å².